The van der Waals surface area contributed by atoms with Crippen molar-refractivity contribution in [2.24, 2.45) is 0 Å². The first-order chi connectivity index (χ1) is 11.2. The number of hydrogen-bond acceptors (Lipinski definition) is 2. The highest BCUT2D eigenvalue weighted by molar-refractivity contribution is 7.17. The zero-order valence-electron chi connectivity index (χ0n) is 13.7. The first kappa shape index (κ1) is 14.9. The summed E-state index contributed by atoms with van der Waals surface area (Å²) >= 11 is 1.65. The molecule has 120 valence electrons. The van der Waals surface area contributed by atoms with Gasteiger partial charge < -0.3 is 4.90 Å². The van der Waals surface area contributed by atoms with Gasteiger partial charge in [-0.3, -0.25) is 4.79 Å². The second-order valence-corrected chi connectivity index (χ2v) is 7.92. The Balaban J connectivity index is 1.57. The molecule has 1 aliphatic heterocycles. The summed E-state index contributed by atoms with van der Waals surface area (Å²) in [5, 5.41) is 0. The van der Waals surface area contributed by atoms with Gasteiger partial charge in [-0.15, -0.1) is 11.3 Å². The molecule has 23 heavy (non-hydrogen) atoms. The van der Waals surface area contributed by atoms with Crippen molar-refractivity contribution in [3.05, 3.63) is 46.3 Å². The Kier molecular flexibility index (Phi) is 3.98. The lowest BCUT2D eigenvalue weighted by Gasteiger charge is -2.25. The van der Waals surface area contributed by atoms with Crippen LogP contribution < -0.4 is 0 Å². The van der Waals surface area contributed by atoms with Crippen LogP contribution in [-0.2, 0) is 0 Å². The van der Waals surface area contributed by atoms with Crippen molar-refractivity contribution >= 4 is 17.2 Å². The van der Waals surface area contributed by atoms with Crippen molar-refractivity contribution in [3.8, 4) is 10.4 Å². The molecule has 0 N–H and O–H groups in total. The average molecular weight is 325 g/mol. The van der Waals surface area contributed by atoms with Crippen LogP contribution in [0.3, 0.4) is 0 Å². The summed E-state index contributed by atoms with van der Waals surface area (Å²) in [4.78, 5) is 16.8. The third-order valence-corrected chi connectivity index (χ3v) is 6.55. The van der Waals surface area contributed by atoms with Crippen molar-refractivity contribution in [1.82, 2.24) is 4.90 Å². The molecule has 1 aliphatic carbocycles. The van der Waals surface area contributed by atoms with Gasteiger partial charge in [-0.05, 0) is 61.3 Å². The number of likely N-dealkylation sites (tertiary alicyclic amines) is 1. The fourth-order valence-electron chi connectivity index (χ4n) is 3.56. The van der Waals surface area contributed by atoms with Gasteiger partial charge >= 0.3 is 0 Å². The minimum Gasteiger partial charge on any atom is -0.338 e. The van der Waals surface area contributed by atoms with E-state index >= 15 is 0 Å². The summed E-state index contributed by atoms with van der Waals surface area (Å²) in [7, 11) is 0. The van der Waals surface area contributed by atoms with Crippen LogP contribution in [0.2, 0.25) is 0 Å². The number of carbonyl (C=O) groups is 1. The second-order valence-electron chi connectivity index (χ2n) is 6.87. The number of rotatable bonds is 3. The molecule has 1 saturated carbocycles. The van der Waals surface area contributed by atoms with Gasteiger partial charge in [0.2, 0.25) is 0 Å². The zero-order chi connectivity index (χ0) is 15.8. The number of carbonyl (C=O) groups excluding carboxylic acids is 1. The van der Waals surface area contributed by atoms with E-state index < -0.39 is 0 Å². The Morgan fingerprint density at radius 1 is 1.09 bits per heavy atom. The predicted octanol–water partition coefficient (Wildman–Crippen LogP) is 5.23. The van der Waals surface area contributed by atoms with E-state index in [0.717, 1.165) is 42.3 Å². The van der Waals surface area contributed by atoms with E-state index in [1.807, 2.05) is 4.90 Å². The fraction of sp³-hybridized carbons (Fsp3) is 0.450. The van der Waals surface area contributed by atoms with Gasteiger partial charge in [0.25, 0.3) is 5.91 Å². The molecule has 0 unspecified atom stereocenters. The molecule has 2 aliphatic rings. The first-order valence-corrected chi connectivity index (χ1v) is 9.54. The summed E-state index contributed by atoms with van der Waals surface area (Å²) in [5.41, 5.74) is 3.83. The standard InChI is InChI=1S/C20H23NOS/c1-14-13-18(23-19(14)20(22)21-11-2-3-12-21)17-9-7-16(8-10-17)15-5-4-6-15/h7-10,13,15H,2-6,11-12H2,1H3. The Morgan fingerprint density at radius 3 is 2.39 bits per heavy atom. The molecule has 1 saturated heterocycles. The quantitative estimate of drug-likeness (QED) is 0.757. The van der Waals surface area contributed by atoms with Gasteiger partial charge in [-0.2, -0.15) is 0 Å². The lowest BCUT2D eigenvalue weighted by atomic mass is 9.80. The SMILES string of the molecule is Cc1cc(-c2ccc(C3CCC3)cc2)sc1C(=O)N1CCCC1. The van der Waals surface area contributed by atoms with Crippen LogP contribution in [0.15, 0.2) is 30.3 Å². The van der Waals surface area contributed by atoms with Gasteiger partial charge in [0.05, 0.1) is 4.88 Å². The van der Waals surface area contributed by atoms with E-state index in [9.17, 15) is 4.79 Å². The van der Waals surface area contributed by atoms with E-state index in [2.05, 4.69) is 37.3 Å². The van der Waals surface area contributed by atoms with Crippen LogP contribution >= 0.6 is 11.3 Å². The van der Waals surface area contributed by atoms with E-state index in [4.69, 9.17) is 0 Å². The van der Waals surface area contributed by atoms with Crippen molar-refractivity contribution in [1.29, 1.82) is 0 Å². The van der Waals surface area contributed by atoms with Crippen molar-refractivity contribution < 1.29 is 4.79 Å². The number of aryl methyl sites for hydroxylation is 1. The molecule has 0 radical (unpaired) electrons. The van der Waals surface area contributed by atoms with E-state index in [-0.39, 0.29) is 5.91 Å². The molecule has 2 fully saturated rings. The lowest BCUT2D eigenvalue weighted by Crippen LogP contribution is -2.27. The first-order valence-electron chi connectivity index (χ1n) is 8.72. The molecule has 1 aromatic heterocycles. The minimum absolute atomic E-state index is 0.224. The molecule has 1 amide bonds. The maximum atomic E-state index is 12.6. The molecule has 2 nitrogen and oxygen atoms in total. The summed E-state index contributed by atoms with van der Waals surface area (Å²) in [6, 6.07) is 11.2. The summed E-state index contributed by atoms with van der Waals surface area (Å²) in [5.74, 6) is 1.00. The lowest BCUT2D eigenvalue weighted by molar-refractivity contribution is 0.0797. The molecule has 1 aromatic carbocycles. The van der Waals surface area contributed by atoms with Gasteiger partial charge in [0.15, 0.2) is 0 Å². The zero-order valence-corrected chi connectivity index (χ0v) is 14.5. The molecule has 2 heterocycles. The van der Waals surface area contributed by atoms with E-state index in [1.54, 1.807) is 11.3 Å². The smallest absolute Gasteiger partial charge is 0.264 e. The summed E-state index contributed by atoms with van der Waals surface area (Å²) in [6.45, 7) is 3.90. The van der Waals surface area contributed by atoms with Crippen LogP contribution in [0.25, 0.3) is 10.4 Å². The Bertz CT molecular complexity index is 706. The molecule has 2 aromatic rings. The minimum atomic E-state index is 0.224. The predicted molar refractivity (Wildman–Crippen MR) is 96.2 cm³/mol. The number of amides is 1. The highest BCUT2D eigenvalue weighted by Gasteiger charge is 2.23. The molecular weight excluding hydrogens is 302 g/mol. The number of hydrogen-bond donors (Lipinski definition) is 0. The normalized spacial score (nSPS) is 18.2. The van der Waals surface area contributed by atoms with Crippen LogP contribution in [0.4, 0.5) is 0 Å². The number of benzene rings is 1. The molecule has 0 atom stereocenters. The Hall–Kier alpha value is -1.61. The monoisotopic (exact) mass is 325 g/mol. The van der Waals surface area contributed by atoms with Crippen molar-refractivity contribution in [2.45, 2.75) is 44.9 Å². The van der Waals surface area contributed by atoms with E-state index in [0.29, 0.717) is 0 Å². The van der Waals surface area contributed by atoms with Crippen molar-refractivity contribution in [2.75, 3.05) is 13.1 Å². The Labute approximate surface area is 142 Å². The second kappa shape index (κ2) is 6.12. The molecule has 4 rings (SSSR count). The molecular formula is C20H23NOS. The van der Waals surface area contributed by atoms with Crippen LogP contribution in [0.5, 0.6) is 0 Å². The number of nitrogens with zero attached hydrogens (tertiary/aromatic N) is 1. The van der Waals surface area contributed by atoms with Crippen LogP contribution in [-0.4, -0.2) is 23.9 Å². The van der Waals surface area contributed by atoms with Gasteiger partial charge in [0.1, 0.15) is 0 Å². The third-order valence-electron chi connectivity index (χ3n) is 5.28. The van der Waals surface area contributed by atoms with E-state index in [1.165, 1.54) is 35.3 Å². The largest absolute Gasteiger partial charge is 0.338 e. The molecule has 0 spiro atoms. The molecule has 0 bridgehead atoms. The number of thiophene rings is 1. The third kappa shape index (κ3) is 2.83. The van der Waals surface area contributed by atoms with Crippen molar-refractivity contribution in [3.63, 3.8) is 0 Å². The van der Waals surface area contributed by atoms with Crippen LogP contribution in [0, 0.1) is 6.92 Å². The van der Waals surface area contributed by atoms with Gasteiger partial charge in [-0.1, -0.05) is 30.7 Å². The average Bonchev–Trinajstić information content (AvgIpc) is 3.15. The molecule has 3 heteroatoms. The highest BCUT2D eigenvalue weighted by atomic mass is 32.1. The fourth-order valence-corrected chi connectivity index (χ4v) is 4.71. The van der Waals surface area contributed by atoms with Gasteiger partial charge in [-0.25, -0.2) is 0 Å². The maximum Gasteiger partial charge on any atom is 0.264 e. The summed E-state index contributed by atoms with van der Waals surface area (Å²) in [6.07, 6.45) is 6.34. The summed E-state index contributed by atoms with van der Waals surface area (Å²) < 4.78 is 0. The maximum absolute atomic E-state index is 12.6. The van der Waals surface area contributed by atoms with Crippen LogP contribution in [0.1, 0.15) is 58.8 Å². The topological polar surface area (TPSA) is 20.3 Å². The Morgan fingerprint density at radius 2 is 1.78 bits per heavy atom. The highest BCUT2D eigenvalue weighted by Crippen LogP contribution is 2.38. The van der Waals surface area contributed by atoms with Gasteiger partial charge in [0, 0.05) is 18.0 Å².